The Morgan fingerprint density at radius 1 is 1.04 bits per heavy atom. The summed E-state index contributed by atoms with van der Waals surface area (Å²) in [6, 6.07) is 5.82. The van der Waals surface area contributed by atoms with Crippen LogP contribution in [0.3, 0.4) is 0 Å². The Kier molecular flexibility index (Phi) is 11.1. The third-order valence-electron chi connectivity index (χ3n) is 2.87. The first kappa shape index (κ1) is 23.7. The van der Waals surface area contributed by atoms with Crippen LogP contribution in [0.4, 0.5) is 4.79 Å². The van der Waals surface area contributed by atoms with Gasteiger partial charge in [0.25, 0.3) is 0 Å². The van der Waals surface area contributed by atoms with Crippen LogP contribution < -0.4 is 10.1 Å². The number of carbonyl (C=O) groups is 2. The van der Waals surface area contributed by atoms with Gasteiger partial charge in [-0.05, 0) is 38.5 Å². The second-order valence-electron chi connectivity index (χ2n) is 6.01. The molecule has 7 heteroatoms. The minimum Gasteiger partial charge on any atom is -0.491 e. The number of ether oxygens (including phenoxy) is 4. The molecule has 0 aliphatic rings. The van der Waals surface area contributed by atoms with Crippen molar-refractivity contribution in [2.75, 3.05) is 27.4 Å². The Morgan fingerprint density at radius 2 is 1.62 bits per heavy atom. The van der Waals surface area contributed by atoms with Crippen molar-refractivity contribution >= 4 is 12.1 Å². The van der Waals surface area contributed by atoms with Gasteiger partial charge in [0.05, 0.1) is 13.7 Å². The van der Waals surface area contributed by atoms with E-state index in [0.717, 1.165) is 0 Å². The molecule has 1 atom stereocenters. The van der Waals surface area contributed by atoms with Gasteiger partial charge in [0.1, 0.15) is 18.0 Å². The number of esters is 1. The lowest BCUT2D eigenvalue weighted by molar-refractivity contribution is -0.143. The number of hydrogen-bond donors (Lipinski definition) is 1. The van der Waals surface area contributed by atoms with Gasteiger partial charge in [0.15, 0.2) is 6.04 Å². The second-order valence-corrected chi connectivity index (χ2v) is 6.01. The summed E-state index contributed by atoms with van der Waals surface area (Å²) in [6.45, 7) is 10.1. The summed E-state index contributed by atoms with van der Waals surface area (Å²) in [7, 11) is 2.85. The van der Waals surface area contributed by atoms with Crippen molar-refractivity contribution < 1.29 is 28.5 Å². The molecule has 1 unspecified atom stereocenters. The monoisotopic (exact) mass is 369 g/mol. The molecule has 0 radical (unpaired) electrons. The summed E-state index contributed by atoms with van der Waals surface area (Å²) < 4.78 is 20.3. The molecule has 0 aliphatic heterocycles. The quantitative estimate of drug-likeness (QED) is 0.585. The molecular weight excluding hydrogens is 338 g/mol. The highest BCUT2D eigenvalue weighted by Gasteiger charge is 2.26. The van der Waals surface area contributed by atoms with Crippen molar-refractivity contribution in [3.63, 3.8) is 0 Å². The number of methoxy groups -OCH3 is 2. The van der Waals surface area contributed by atoms with Crippen molar-refractivity contribution in [3.8, 4) is 5.75 Å². The summed E-state index contributed by atoms with van der Waals surface area (Å²) in [5, 5.41) is 2.52. The molecule has 0 saturated carbocycles. The van der Waals surface area contributed by atoms with Crippen molar-refractivity contribution in [1.29, 1.82) is 0 Å². The first-order valence-electron chi connectivity index (χ1n) is 8.56. The molecule has 0 heterocycles. The topological polar surface area (TPSA) is 83.1 Å². The molecule has 0 fully saturated rings. The van der Waals surface area contributed by atoms with Gasteiger partial charge in [-0.3, -0.25) is 0 Å². The molecule has 0 aromatic heterocycles. The van der Waals surface area contributed by atoms with Crippen molar-refractivity contribution in [3.05, 3.63) is 29.8 Å². The highest BCUT2D eigenvalue weighted by atomic mass is 16.6. The van der Waals surface area contributed by atoms with Crippen molar-refractivity contribution in [2.45, 2.75) is 46.3 Å². The predicted molar refractivity (Wildman–Crippen MR) is 99.3 cm³/mol. The van der Waals surface area contributed by atoms with E-state index < -0.39 is 23.7 Å². The molecule has 0 spiro atoms. The van der Waals surface area contributed by atoms with Crippen LogP contribution in [-0.2, 0) is 19.0 Å². The maximum absolute atomic E-state index is 12.0. The van der Waals surface area contributed by atoms with E-state index in [9.17, 15) is 9.59 Å². The van der Waals surface area contributed by atoms with Gasteiger partial charge in [0.2, 0.25) is 0 Å². The van der Waals surface area contributed by atoms with E-state index in [1.165, 1.54) is 7.11 Å². The molecule has 1 N–H and O–H groups in total. The molecule has 1 aromatic carbocycles. The summed E-state index contributed by atoms with van der Waals surface area (Å²) >= 11 is 0. The van der Waals surface area contributed by atoms with Crippen molar-refractivity contribution in [2.24, 2.45) is 0 Å². The fourth-order valence-electron chi connectivity index (χ4n) is 1.82. The average Bonchev–Trinajstić information content (AvgIpc) is 2.60. The van der Waals surface area contributed by atoms with E-state index in [4.69, 9.17) is 18.9 Å². The van der Waals surface area contributed by atoms with Gasteiger partial charge >= 0.3 is 12.1 Å². The predicted octanol–water partition coefficient (Wildman–Crippen LogP) is 3.48. The van der Waals surface area contributed by atoms with E-state index in [1.54, 1.807) is 52.1 Å². The van der Waals surface area contributed by atoms with E-state index in [0.29, 0.717) is 24.5 Å². The highest BCUT2D eigenvalue weighted by Crippen LogP contribution is 2.20. The molecular formula is C19H31NO6. The number of alkyl carbamates (subject to hydrolysis) is 1. The van der Waals surface area contributed by atoms with E-state index >= 15 is 0 Å². The average molecular weight is 369 g/mol. The largest absolute Gasteiger partial charge is 0.491 e. The lowest BCUT2D eigenvalue weighted by Gasteiger charge is -2.22. The highest BCUT2D eigenvalue weighted by molar-refractivity contribution is 5.82. The third-order valence-corrected chi connectivity index (χ3v) is 2.87. The molecule has 7 nitrogen and oxygen atoms in total. The van der Waals surface area contributed by atoms with Gasteiger partial charge in [0, 0.05) is 7.11 Å². The molecule has 0 saturated heterocycles. The Bertz CT molecular complexity index is 536. The van der Waals surface area contributed by atoms with Gasteiger partial charge in [-0.25, -0.2) is 9.59 Å². The van der Waals surface area contributed by atoms with Crippen LogP contribution >= 0.6 is 0 Å². The molecule has 1 amide bonds. The first-order valence-corrected chi connectivity index (χ1v) is 8.56. The van der Waals surface area contributed by atoms with E-state index in [2.05, 4.69) is 5.32 Å². The smallest absolute Gasteiger partial charge is 0.408 e. The van der Waals surface area contributed by atoms with Crippen LogP contribution in [0.15, 0.2) is 24.3 Å². The number of hydrogen-bond acceptors (Lipinski definition) is 6. The lowest BCUT2D eigenvalue weighted by Crippen LogP contribution is -2.38. The Balaban J connectivity index is 0.00000301. The maximum Gasteiger partial charge on any atom is 0.408 e. The molecule has 0 aliphatic carbocycles. The fraction of sp³-hybridized carbons (Fsp3) is 0.579. The van der Waals surface area contributed by atoms with Crippen LogP contribution in [0, 0.1) is 0 Å². The van der Waals surface area contributed by atoms with Crippen LogP contribution in [0.1, 0.15) is 46.2 Å². The summed E-state index contributed by atoms with van der Waals surface area (Å²) in [5.74, 6) is 0.0468. The standard InChI is InChI=1S/C17H25NO6.C2H6/c1-17(2,3)24-16(20)18-14(15(19)22-5)12-6-8-13(9-7-12)23-11-10-21-4;1-2/h6-9,14H,10-11H2,1-5H3,(H,18,20);1-2H3. The SMILES string of the molecule is CC.COCCOc1ccc(C(NC(=O)OC(C)(C)C)C(=O)OC)cc1. The minimum absolute atomic E-state index is 0.423. The fourth-order valence-corrected chi connectivity index (χ4v) is 1.82. The zero-order valence-electron chi connectivity index (χ0n) is 16.8. The summed E-state index contributed by atoms with van der Waals surface area (Å²) in [4.78, 5) is 23.9. The van der Waals surface area contributed by atoms with Gasteiger partial charge in [-0.1, -0.05) is 26.0 Å². The second kappa shape index (κ2) is 12.1. The number of carbonyl (C=O) groups excluding carboxylic acids is 2. The van der Waals surface area contributed by atoms with E-state index in [-0.39, 0.29) is 0 Å². The summed E-state index contributed by atoms with van der Waals surface area (Å²) in [6.07, 6.45) is -0.696. The number of amides is 1. The first-order chi connectivity index (χ1) is 12.3. The molecule has 0 bridgehead atoms. The zero-order chi connectivity index (χ0) is 20.2. The third kappa shape index (κ3) is 9.27. The van der Waals surface area contributed by atoms with Gasteiger partial charge < -0.3 is 24.3 Å². The minimum atomic E-state index is -0.960. The Labute approximate surface area is 156 Å². The molecule has 1 aromatic rings. The van der Waals surface area contributed by atoms with Crippen LogP contribution in [0.25, 0.3) is 0 Å². The number of rotatable bonds is 7. The van der Waals surface area contributed by atoms with E-state index in [1.807, 2.05) is 13.8 Å². The lowest BCUT2D eigenvalue weighted by atomic mass is 10.1. The molecule has 26 heavy (non-hydrogen) atoms. The van der Waals surface area contributed by atoms with Crippen LogP contribution in [0.5, 0.6) is 5.75 Å². The maximum atomic E-state index is 12.0. The molecule has 1 rings (SSSR count). The van der Waals surface area contributed by atoms with Gasteiger partial charge in [-0.15, -0.1) is 0 Å². The normalized spacial score (nSPS) is 11.5. The number of nitrogens with one attached hydrogen (secondary N) is 1. The van der Waals surface area contributed by atoms with Crippen molar-refractivity contribution in [1.82, 2.24) is 5.32 Å². The van der Waals surface area contributed by atoms with Gasteiger partial charge in [-0.2, -0.15) is 0 Å². The zero-order valence-corrected chi connectivity index (χ0v) is 16.8. The Morgan fingerprint density at radius 3 is 2.08 bits per heavy atom. The Hall–Kier alpha value is -2.28. The van der Waals surface area contributed by atoms with Crippen LogP contribution in [-0.4, -0.2) is 45.1 Å². The summed E-state index contributed by atoms with van der Waals surface area (Å²) in [5.41, 5.74) is -0.101. The molecule has 148 valence electrons. The number of benzene rings is 1. The van der Waals surface area contributed by atoms with Crippen LogP contribution in [0.2, 0.25) is 0 Å².